The highest BCUT2D eigenvalue weighted by Crippen LogP contribution is 2.11. The van der Waals surface area contributed by atoms with E-state index in [1.54, 1.807) is 24.3 Å². The van der Waals surface area contributed by atoms with Crippen LogP contribution in [0.25, 0.3) is 0 Å². The van der Waals surface area contributed by atoms with Crippen molar-refractivity contribution < 1.29 is 9.59 Å². The van der Waals surface area contributed by atoms with Crippen LogP contribution in [0.15, 0.2) is 35.7 Å². The zero-order valence-corrected chi connectivity index (χ0v) is 15.0. The van der Waals surface area contributed by atoms with Crippen LogP contribution in [0.5, 0.6) is 0 Å². The minimum Gasteiger partial charge on any atom is -0.348 e. The first-order valence-corrected chi connectivity index (χ1v) is 8.93. The maximum Gasteiger partial charge on any atom is 0.251 e. The van der Waals surface area contributed by atoms with Crippen LogP contribution in [0.2, 0.25) is 0 Å². The number of carbonyl (C=O) groups excluding carboxylic acids is 2. The summed E-state index contributed by atoms with van der Waals surface area (Å²) in [6, 6.07) is 8.36. The van der Waals surface area contributed by atoms with Gasteiger partial charge in [0.2, 0.25) is 5.91 Å². The summed E-state index contributed by atoms with van der Waals surface area (Å²) in [5.41, 5.74) is 1.49. The molecule has 128 valence electrons. The van der Waals surface area contributed by atoms with E-state index in [0.717, 1.165) is 17.1 Å². The highest BCUT2D eigenvalue weighted by atomic mass is 32.1. The van der Waals surface area contributed by atoms with Gasteiger partial charge in [-0.1, -0.05) is 38.5 Å². The number of carbonyl (C=O) groups is 2. The molecule has 0 aliphatic heterocycles. The summed E-state index contributed by atoms with van der Waals surface area (Å²) in [6.07, 6.45) is 0.795. The van der Waals surface area contributed by atoms with E-state index in [1.165, 1.54) is 11.3 Å². The van der Waals surface area contributed by atoms with E-state index in [2.05, 4.69) is 15.6 Å². The second-order valence-electron chi connectivity index (χ2n) is 5.80. The van der Waals surface area contributed by atoms with Gasteiger partial charge in [-0.05, 0) is 25.0 Å². The van der Waals surface area contributed by atoms with Crippen molar-refractivity contribution >= 4 is 23.2 Å². The third-order valence-corrected chi connectivity index (χ3v) is 4.87. The zero-order chi connectivity index (χ0) is 17.5. The highest BCUT2D eigenvalue weighted by molar-refractivity contribution is 7.09. The lowest BCUT2D eigenvalue weighted by atomic mass is 9.98. The quantitative estimate of drug-likeness (QED) is 0.810. The number of hydrogen-bond acceptors (Lipinski definition) is 4. The number of benzene rings is 1. The third-order valence-electron chi connectivity index (χ3n) is 3.90. The molecule has 1 aromatic heterocycles. The van der Waals surface area contributed by atoms with E-state index in [1.807, 2.05) is 32.2 Å². The number of nitrogens with one attached hydrogen (secondary N) is 2. The van der Waals surface area contributed by atoms with Crippen LogP contribution in [0.1, 0.15) is 41.3 Å². The first-order chi connectivity index (χ1) is 11.5. The predicted octanol–water partition coefficient (Wildman–Crippen LogP) is 2.91. The second kappa shape index (κ2) is 8.59. The fourth-order valence-electron chi connectivity index (χ4n) is 2.27. The Hall–Kier alpha value is -2.21. The number of amides is 2. The molecule has 2 atom stereocenters. The molecule has 6 heteroatoms. The van der Waals surface area contributed by atoms with Gasteiger partial charge in [0.1, 0.15) is 11.0 Å². The maximum absolute atomic E-state index is 12.5. The Labute approximate surface area is 146 Å². The van der Waals surface area contributed by atoms with Crippen LogP contribution in [0.4, 0.5) is 0 Å². The molecule has 2 amide bonds. The number of rotatable bonds is 7. The lowest BCUT2D eigenvalue weighted by molar-refractivity contribution is -0.124. The highest BCUT2D eigenvalue weighted by Gasteiger charge is 2.26. The molecule has 1 aromatic carbocycles. The monoisotopic (exact) mass is 345 g/mol. The third kappa shape index (κ3) is 4.89. The van der Waals surface area contributed by atoms with Crippen molar-refractivity contribution in [1.29, 1.82) is 0 Å². The van der Waals surface area contributed by atoms with Gasteiger partial charge in [0.25, 0.3) is 5.91 Å². The van der Waals surface area contributed by atoms with Gasteiger partial charge in [-0.3, -0.25) is 9.59 Å². The van der Waals surface area contributed by atoms with Crippen molar-refractivity contribution in [3.05, 3.63) is 52.0 Å². The van der Waals surface area contributed by atoms with Crippen molar-refractivity contribution in [2.75, 3.05) is 0 Å². The van der Waals surface area contributed by atoms with Gasteiger partial charge in [-0.15, -0.1) is 11.3 Å². The summed E-state index contributed by atoms with van der Waals surface area (Å²) in [5.74, 6) is -0.377. The molecular weight excluding hydrogens is 322 g/mol. The maximum atomic E-state index is 12.5. The smallest absolute Gasteiger partial charge is 0.251 e. The second-order valence-corrected chi connectivity index (χ2v) is 6.75. The SMILES string of the molecule is CC[C@@H](C)[C@@H](NC(=O)c1ccccc1)C(=O)NCc1nc(C)cs1. The molecular formula is C18H23N3O2S. The number of nitrogens with zero attached hydrogens (tertiary/aromatic N) is 1. The minimum atomic E-state index is -0.566. The van der Waals surface area contributed by atoms with Gasteiger partial charge in [0.15, 0.2) is 0 Å². The summed E-state index contributed by atoms with van der Waals surface area (Å²) in [6.45, 7) is 6.27. The Balaban J connectivity index is 2.01. The number of hydrogen-bond donors (Lipinski definition) is 2. The van der Waals surface area contributed by atoms with Gasteiger partial charge in [-0.25, -0.2) is 4.98 Å². The van der Waals surface area contributed by atoms with Crippen molar-refractivity contribution in [1.82, 2.24) is 15.6 Å². The Morgan fingerprint density at radius 1 is 1.25 bits per heavy atom. The van der Waals surface area contributed by atoms with Crippen molar-refractivity contribution in [2.24, 2.45) is 5.92 Å². The molecule has 0 aliphatic carbocycles. The number of aromatic nitrogens is 1. The Kier molecular flexibility index (Phi) is 6.49. The summed E-state index contributed by atoms with van der Waals surface area (Å²) in [5, 5.41) is 8.54. The minimum absolute atomic E-state index is 0.0377. The molecule has 0 bridgehead atoms. The zero-order valence-electron chi connectivity index (χ0n) is 14.2. The molecule has 0 saturated heterocycles. The molecule has 5 nitrogen and oxygen atoms in total. The van der Waals surface area contributed by atoms with Gasteiger partial charge in [0.05, 0.1) is 6.54 Å². The average Bonchev–Trinajstić information content (AvgIpc) is 3.02. The molecule has 24 heavy (non-hydrogen) atoms. The van der Waals surface area contributed by atoms with Crippen LogP contribution in [-0.4, -0.2) is 22.8 Å². The normalized spacial score (nSPS) is 13.1. The molecule has 0 unspecified atom stereocenters. The van der Waals surface area contributed by atoms with Crippen molar-refractivity contribution in [3.63, 3.8) is 0 Å². The summed E-state index contributed by atoms with van der Waals surface area (Å²) in [7, 11) is 0. The predicted molar refractivity (Wildman–Crippen MR) is 95.8 cm³/mol. The summed E-state index contributed by atoms with van der Waals surface area (Å²) >= 11 is 1.51. The molecule has 0 fully saturated rings. The summed E-state index contributed by atoms with van der Waals surface area (Å²) < 4.78 is 0. The van der Waals surface area contributed by atoms with Crippen molar-refractivity contribution in [3.8, 4) is 0 Å². The molecule has 2 aromatic rings. The van der Waals surface area contributed by atoms with E-state index in [4.69, 9.17) is 0 Å². The Bertz CT molecular complexity index is 685. The lowest BCUT2D eigenvalue weighted by Crippen LogP contribution is -2.50. The number of thiazole rings is 1. The molecule has 2 rings (SSSR count). The topological polar surface area (TPSA) is 71.1 Å². The molecule has 0 radical (unpaired) electrons. The molecule has 0 saturated carbocycles. The van der Waals surface area contributed by atoms with E-state index >= 15 is 0 Å². The average molecular weight is 345 g/mol. The van der Waals surface area contributed by atoms with E-state index in [9.17, 15) is 9.59 Å². The fourth-order valence-corrected chi connectivity index (χ4v) is 2.98. The fraction of sp³-hybridized carbons (Fsp3) is 0.389. The Morgan fingerprint density at radius 2 is 1.96 bits per heavy atom. The van der Waals surface area contributed by atoms with E-state index < -0.39 is 6.04 Å². The van der Waals surface area contributed by atoms with Crippen LogP contribution >= 0.6 is 11.3 Å². The molecule has 2 N–H and O–H groups in total. The Morgan fingerprint density at radius 3 is 2.54 bits per heavy atom. The van der Waals surface area contributed by atoms with Gasteiger partial charge < -0.3 is 10.6 Å². The largest absolute Gasteiger partial charge is 0.348 e. The van der Waals surface area contributed by atoms with Crippen molar-refractivity contribution in [2.45, 2.75) is 39.8 Å². The number of aryl methyl sites for hydroxylation is 1. The first-order valence-electron chi connectivity index (χ1n) is 8.06. The van der Waals surface area contributed by atoms with Gasteiger partial charge >= 0.3 is 0 Å². The van der Waals surface area contributed by atoms with Crippen LogP contribution in [0, 0.1) is 12.8 Å². The van der Waals surface area contributed by atoms with Crippen LogP contribution in [-0.2, 0) is 11.3 Å². The van der Waals surface area contributed by atoms with E-state index in [-0.39, 0.29) is 17.7 Å². The lowest BCUT2D eigenvalue weighted by Gasteiger charge is -2.23. The molecule has 0 spiro atoms. The first kappa shape index (κ1) is 18.1. The summed E-state index contributed by atoms with van der Waals surface area (Å²) in [4.78, 5) is 29.2. The van der Waals surface area contributed by atoms with Gasteiger partial charge in [-0.2, -0.15) is 0 Å². The van der Waals surface area contributed by atoms with Crippen LogP contribution < -0.4 is 10.6 Å². The molecule has 1 heterocycles. The van der Waals surface area contributed by atoms with E-state index in [0.29, 0.717) is 12.1 Å². The van der Waals surface area contributed by atoms with Crippen LogP contribution in [0.3, 0.4) is 0 Å². The molecule has 0 aliphatic rings. The van der Waals surface area contributed by atoms with Gasteiger partial charge in [0, 0.05) is 16.6 Å². The standard InChI is InChI=1S/C18H23N3O2S/c1-4-12(2)16(21-17(22)14-8-6-5-7-9-14)18(23)19-10-15-20-13(3)11-24-15/h5-9,11-12,16H,4,10H2,1-3H3,(H,19,23)(H,21,22)/t12-,16-/m1/s1.